The van der Waals surface area contributed by atoms with Crippen LogP contribution in [-0.4, -0.2) is 30.4 Å². The van der Waals surface area contributed by atoms with Crippen molar-refractivity contribution in [3.05, 3.63) is 102 Å². The monoisotopic (exact) mass is 466 g/mol. The molecule has 1 N–H and O–H groups in total. The molecule has 7 nitrogen and oxygen atoms in total. The summed E-state index contributed by atoms with van der Waals surface area (Å²) >= 11 is 0. The van der Waals surface area contributed by atoms with Crippen LogP contribution in [0.25, 0.3) is 22.3 Å². The van der Waals surface area contributed by atoms with Gasteiger partial charge in [0.05, 0.1) is 23.3 Å². The van der Waals surface area contributed by atoms with Crippen LogP contribution in [0.1, 0.15) is 23.4 Å². The Morgan fingerprint density at radius 1 is 0.971 bits per heavy atom. The van der Waals surface area contributed by atoms with E-state index >= 15 is 0 Å². The minimum atomic E-state index is -0.814. The summed E-state index contributed by atoms with van der Waals surface area (Å²) in [6, 6.07) is 25.8. The van der Waals surface area contributed by atoms with Gasteiger partial charge in [-0.05, 0) is 41.8 Å². The molecule has 0 saturated carbocycles. The molecule has 176 valence electrons. The number of aliphatic carboxylic acids is 1. The van der Waals surface area contributed by atoms with E-state index in [0.29, 0.717) is 19.6 Å². The number of nitrogens with zero attached hydrogens (tertiary/aromatic N) is 4. The molecule has 0 aliphatic heterocycles. The molecule has 5 rings (SSSR count). The number of hydrogen-bond acceptors (Lipinski definition) is 4. The number of para-hydroxylation sites is 2. The molecule has 0 radical (unpaired) electrons. The lowest BCUT2D eigenvalue weighted by Crippen LogP contribution is -2.04. The number of fused-ring (bicyclic) bond motifs is 1. The molecule has 2 heterocycles. The molecule has 0 spiro atoms. The normalized spacial score (nSPS) is 11.1. The lowest BCUT2D eigenvalue weighted by Gasteiger charge is -2.08. The summed E-state index contributed by atoms with van der Waals surface area (Å²) in [5, 5.41) is 13.9. The second-order valence-electron chi connectivity index (χ2n) is 8.47. The van der Waals surface area contributed by atoms with Gasteiger partial charge < -0.3 is 14.4 Å². The molecule has 0 atom stereocenters. The van der Waals surface area contributed by atoms with Gasteiger partial charge in [0.25, 0.3) is 0 Å². The lowest BCUT2D eigenvalue weighted by atomic mass is 10.0. The highest BCUT2D eigenvalue weighted by molar-refractivity contribution is 5.75. The maximum atomic E-state index is 11.1. The molecule has 0 saturated heterocycles. The highest BCUT2D eigenvalue weighted by atomic mass is 16.5. The Morgan fingerprint density at radius 2 is 1.71 bits per heavy atom. The van der Waals surface area contributed by atoms with Crippen LogP contribution in [0.3, 0.4) is 0 Å². The van der Waals surface area contributed by atoms with E-state index in [0.717, 1.165) is 45.0 Å². The Morgan fingerprint density at radius 3 is 2.46 bits per heavy atom. The number of carboxylic acids is 1. The molecule has 3 aromatic carbocycles. The molecule has 35 heavy (non-hydrogen) atoms. The fourth-order valence-corrected chi connectivity index (χ4v) is 4.16. The topological polar surface area (TPSA) is 82.2 Å². The first-order chi connectivity index (χ1) is 17.1. The van der Waals surface area contributed by atoms with Crippen molar-refractivity contribution in [2.75, 3.05) is 0 Å². The highest BCUT2D eigenvalue weighted by Crippen LogP contribution is 2.24. The summed E-state index contributed by atoms with van der Waals surface area (Å²) in [6.45, 7) is 0.967. The maximum Gasteiger partial charge on any atom is 0.303 e. The van der Waals surface area contributed by atoms with E-state index in [2.05, 4.69) is 4.98 Å². The van der Waals surface area contributed by atoms with Gasteiger partial charge in [-0.2, -0.15) is 5.10 Å². The van der Waals surface area contributed by atoms with Gasteiger partial charge in [0.1, 0.15) is 18.2 Å². The fourth-order valence-electron chi connectivity index (χ4n) is 4.16. The first-order valence-electron chi connectivity index (χ1n) is 11.5. The number of rotatable bonds is 9. The Balaban J connectivity index is 1.28. The van der Waals surface area contributed by atoms with Crippen molar-refractivity contribution >= 4 is 17.0 Å². The second-order valence-corrected chi connectivity index (χ2v) is 8.47. The molecule has 7 heteroatoms. The van der Waals surface area contributed by atoms with Crippen LogP contribution in [0.2, 0.25) is 0 Å². The smallest absolute Gasteiger partial charge is 0.303 e. The number of hydrogen-bond donors (Lipinski definition) is 1. The van der Waals surface area contributed by atoms with Crippen molar-refractivity contribution < 1.29 is 14.6 Å². The Hall–Kier alpha value is -4.39. The predicted molar refractivity (Wildman–Crippen MR) is 134 cm³/mol. The molecule has 5 aromatic rings. The molecule has 0 aliphatic carbocycles. The van der Waals surface area contributed by atoms with Gasteiger partial charge in [-0.1, -0.05) is 54.6 Å². The number of benzene rings is 3. The Kier molecular flexibility index (Phi) is 6.30. The number of carbonyl (C=O) groups is 1. The zero-order valence-corrected chi connectivity index (χ0v) is 19.5. The summed E-state index contributed by atoms with van der Waals surface area (Å²) in [7, 11) is 2.00. The molecular weight excluding hydrogens is 440 g/mol. The lowest BCUT2D eigenvalue weighted by molar-refractivity contribution is -0.136. The van der Waals surface area contributed by atoms with E-state index in [1.165, 1.54) is 0 Å². The van der Waals surface area contributed by atoms with Gasteiger partial charge in [-0.15, -0.1) is 0 Å². The second kappa shape index (κ2) is 9.85. The summed E-state index contributed by atoms with van der Waals surface area (Å²) in [4.78, 5) is 15.8. The van der Waals surface area contributed by atoms with Crippen molar-refractivity contribution in [2.24, 2.45) is 7.05 Å². The number of carboxylic acid groups (broad SMARTS) is 1. The summed E-state index contributed by atoms with van der Waals surface area (Å²) < 4.78 is 9.90. The van der Waals surface area contributed by atoms with E-state index in [4.69, 9.17) is 14.9 Å². The van der Waals surface area contributed by atoms with Crippen molar-refractivity contribution in [3.63, 3.8) is 0 Å². The first-order valence-corrected chi connectivity index (χ1v) is 11.5. The minimum absolute atomic E-state index is 0.0725. The maximum absolute atomic E-state index is 11.1. The van der Waals surface area contributed by atoms with Gasteiger partial charge in [-0.3, -0.25) is 9.48 Å². The third kappa shape index (κ3) is 5.09. The first kappa shape index (κ1) is 22.4. The van der Waals surface area contributed by atoms with Gasteiger partial charge in [0, 0.05) is 25.2 Å². The largest absolute Gasteiger partial charge is 0.486 e. The van der Waals surface area contributed by atoms with Crippen LogP contribution < -0.4 is 4.74 Å². The van der Waals surface area contributed by atoms with Crippen LogP contribution in [0.15, 0.2) is 85.1 Å². The van der Waals surface area contributed by atoms with Crippen LogP contribution in [0.4, 0.5) is 0 Å². The van der Waals surface area contributed by atoms with Crippen LogP contribution in [0.5, 0.6) is 5.75 Å². The van der Waals surface area contributed by atoms with Crippen LogP contribution >= 0.6 is 0 Å². The molecule has 0 amide bonds. The predicted octanol–water partition coefficient (Wildman–Crippen LogP) is 5.08. The number of ether oxygens (including phenoxy) is 1. The number of imidazole rings is 1. The molecule has 0 unspecified atom stereocenters. The van der Waals surface area contributed by atoms with Gasteiger partial charge in [0.2, 0.25) is 0 Å². The van der Waals surface area contributed by atoms with Crippen LogP contribution in [0, 0.1) is 0 Å². The average Bonchev–Trinajstić information content (AvgIpc) is 3.43. The van der Waals surface area contributed by atoms with Crippen molar-refractivity contribution in [1.29, 1.82) is 0 Å². The molecular formula is C28H26N4O3. The average molecular weight is 467 g/mol. The Bertz CT molecular complexity index is 1450. The van der Waals surface area contributed by atoms with E-state index in [9.17, 15) is 4.79 Å². The zero-order chi connectivity index (χ0) is 24.2. The van der Waals surface area contributed by atoms with E-state index in [-0.39, 0.29) is 6.42 Å². The molecule has 0 fully saturated rings. The molecule has 2 aromatic heterocycles. The molecule has 0 aliphatic rings. The van der Waals surface area contributed by atoms with Gasteiger partial charge >= 0.3 is 5.97 Å². The van der Waals surface area contributed by atoms with Crippen molar-refractivity contribution in [3.8, 4) is 17.0 Å². The summed E-state index contributed by atoms with van der Waals surface area (Å²) in [6.07, 6.45) is 2.46. The zero-order valence-electron chi connectivity index (χ0n) is 19.5. The van der Waals surface area contributed by atoms with Gasteiger partial charge in [-0.25, -0.2) is 4.98 Å². The highest BCUT2D eigenvalue weighted by Gasteiger charge is 2.13. The van der Waals surface area contributed by atoms with E-state index < -0.39 is 5.97 Å². The van der Waals surface area contributed by atoms with E-state index in [1.807, 2.05) is 101 Å². The molecule has 0 bridgehead atoms. The number of aromatic nitrogens is 4. The SMILES string of the molecule is Cn1c(COc2ccc(Cn3cc(CCC(=O)O)c(-c4ccccc4)n3)cc2)nc2ccccc21. The quantitative estimate of drug-likeness (QED) is 0.328. The van der Waals surface area contributed by atoms with Crippen molar-refractivity contribution in [2.45, 2.75) is 26.0 Å². The summed E-state index contributed by atoms with van der Waals surface area (Å²) in [5.41, 5.74) is 5.86. The van der Waals surface area contributed by atoms with Gasteiger partial charge in [0.15, 0.2) is 0 Å². The van der Waals surface area contributed by atoms with Crippen molar-refractivity contribution in [1.82, 2.24) is 19.3 Å². The summed E-state index contributed by atoms with van der Waals surface area (Å²) in [5.74, 6) is 0.827. The third-order valence-corrected chi connectivity index (χ3v) is 6.01. The standard InChI is InChI=1S/C28H26N4O3/c1-31-25-10-6-5-9-24(25)29-26(31)19-35-23-14-11-20(12-15-23)17-32-18-22(13-16-27(33)34)28(30-32)21-7-3-2-4-8-21/h2-12,14-15,18H,13,16-17,19H2,1H3,(H,33,34). The fraction of sp³-hybridized carbons (Fsp3) is 0.179. The Labute approximate surface area is 203 Å². The van der Waals surface area contributed by atoms with E-state index in [1.54, 1.807) is 0 Å². The minimum Gasteiger partial charge on any atom is -0.486 e. The third-order valence-electron chi connectivity index (χ3n) is 6.01. The number of aryl methyl sites for hydroxylation is 2. The van der Waals surface area contributed by atoms with Crippen LogP contribution in [-0.2, 0) is 31.4 Å².